The van der Waals surface area contributed by atoms with Gasteiger partial charge in [-0.1, -0.05) is 30.7 Å². The minimum atomic E-state index is -0.118. The smallest absolute Gasteiger partial charge is 0.233 e. The number of rotatable bonds is 1. The molecule has 0 saturated heterocycles. The Hall–Kier alpha value is -1.03. The summed E-state index contributed by atoms with van der Waals surface area (Å²) in [6.07, 6.45) is 8.53. The van der Waals surface area contributed by atoms with Crippen molar-refractivity contribution in [3.63, 3.8) is 0 Å². The molecule has 0 amide bonds. The molecule has 1 unspecified atom stereocenters. The second kappa shape index (κ2) is 5.55. The van der Waals surface area contributed by atoms with Crippen LogP contribution in [0.2, 0.25) is 0 Å². The normalized spacial score (nSPS) is 47.3. The van der Waals surface area contributed by atoms with Crippen molar-refractivity contribution < 1.29 is 0 Å². The molecule has 3 rings (SSSR count). The van der Waals surface area contributed by atoms with E-state index in [0.717, 1.165) is 24.7 Å². The standard InChI is InChI=1S/C21H31N/c1-13(2)11-16-12-15(4)17-9-10-21(5,22-6)18-8-7-14(3)19(16)20(17)18/h11,15-20H,3,7-10,12H2,1-2,4-5H3/t15-,16-,17+,18-,19?,20+,21-/m0/s1. The minimum absolute atomic E-state index is 0.118. The van der Waals surface area contributed by atoms with Gasteiger partial charge < -0.3 is 4.85 Å². The van der Waals surface area contributed by atoms with E-state index in [0.29, 0.717) is 23.7 Å². The summed E-state index contributed by atoms with van der Waals surface area (Å²) >= 11 is 0. The van der Waals surface area contributed by atoms with Crippen molar-refractivity contribution in [3.05, 3.63) is 35.2 Å². The molecule has 0 heterocycles. The van der Waals surface area contributed by atoms with E-state index in [9.17, 15) is 0 Å². The molecule has 1 heteroatoms. The Kier molecular flexibility index (Phi) is 4.00. The maximum atomic E-state index is 7.78. The number of allylic oxidation sites excluding steroid dienone is 3. The lowest BCUT2D eigenvalue weighted by Crippen LogP contribution is -2.54. The van der Waals surface area contributed by atoms with E-state index in [2.05, 4.69) is 45.2 Å². The van der Waals surface area contributed by atoms with Gasteiger partial charge in [0.05, 0.1) is 0 Å². The average Bonchev–Trinajstić information content (AvgIpc) is 2.45. The predicted octanol–water partition coefficient (Wildman–Crippen LogP) is 5.90. The van der Waals surface area contributed by atoms with Gasteiger partial charge in [-0.2, -0.15) is 0 Å². The molecule has 22 heavy (non-hydrogen) atoms. The Balaban J connectivity index is 2.02. The Morgan fingerprint density at radius 1 is 1.36 bits per heavy atom. The van der Waals surface area contributed by atoms with Gasteiger partial charge in [0.2, 0.25) is 5.54 Å². The van der Waals surface area contributed by atoms with Gasteiger partial charge in [-0.25, -0.2) is 6.57 Å². The molecule has 0 aromatic carbocycles. The predicted molar refractivity (Wildman–Crippen MR) is 93.3 cm³/mol. The van der Waals surface area contributed by atoms with Gasteiger partial charge in [0.25, 0.3) is 0 Å². The largest absolute Gasteiger partial charge is 0.310 e. The van der Waals surface area contributed by atoms with Crippen molar-refractivity contribution in [3.8, 4) is 0 Å². The van der Waals surface area contributed by atoms with Crippen LogP contribution in [0, 0.1) is 42.1 Å². The van der Waals surface area contributed by atoms with Gasteiger partial charge in [0.1, 0.15) is 0 Å². The van der Waals surface area contributed by atoms with Gasteiger partial charge >= 0.3 is 0 Å². The second-order valence-electron chi connectivity index (χ2n) is 8.70. The van der Waals surface area contributed by atoms with Crippen molar-refractivity contribution >= 4 is 0 Å². The Morgan fingerprint density at radius 3 is 2.73 bits per heavy atom. The number of nitrogens with zero attached hydrogens (tertiary/aromatic N) is 1. The summed E-state index contributed by atoms with van der Waals surface area (Å²) in [5.41, 5.74) is 2.80. The van der Waals surface area contributed by atoms with Crippen molar-refractivity contribution in [1.29, 1.82) is 0 Å². The van der Waals surface area contributed by atoms with Crippen LogP contribution < -0.4 is 0 Å². The van der Waals surface area contributed by atoms with Gasteiger partial charge in [0, 0.05) is 19.3 Å². The lowest BCUT2D eigenvalue weighted by molar-refractivity contribution is -0.0389. The Bertz CT molecular complexity index is 533. The van der Waals surface area contributed by atoms with Crippen LogP contribution in [-0.4, -0.2) is 5.54 Å². The van der Waals surface area contributed by atoms with Crippen LogP contribution in [0.4, 0.5) is 0 Å². The Morgan fingerprint density at radius 2 is 2.09 bits per heavy atom. The highest BCUT2D eigenvalue weighted by molar-refractivity contribution is 5.22. The van der Waals surface area contributed by atoms with Gasteiger partial charge in [-0.15, -0.1) is 0 Å². The van der Waals surface area contributed by atoms with Crippen LogP contribution in [0.3, 0.4) is 0 Å². The van der Waals surface area contributed by atoms with Crippen LogP contribution >= 0.6 is 0 Å². The number of hydrogen-bond acceptors (Lipinski definition) is 0. The molecule has 3 aliphatic rings. The average molecular weight is 297 g/mol. The van der Waals surface area contributed by atoms with Crippen molar-refractivity contribution in [2.24, 2.45) is 35.5 Å². The molecule has 0 N–H and O–H groups in total. The van der Waals surface area contributed by atoms with Crippen molar-refractivity contribution in [2.75, 3.05) is 0 Å². The molecule has 120 valence electrons. The van der Waals surface area contributed by atoms with E-state index < -0.39 is 0 Å². The zero-order valence-corrected chi connectivity index (χ0v) is 14.7. The van der Waals surface area contributed by atoms with E-state index >= 15 is 0 Å². The summed E-state index contributed by atoms with van der Waals surface area (Å²) in [6.45, 7) is 21.4. The third kappa shape index (κ3) is 2.36. The highest BCUT2D eigenvalue weighted by atomic mass is 14.8. The van der Waals surface area contributed by atoms with Crippen LogP contribution in [0.15, 0.2) is 23.8 Å². The molecule has 0 bridgehead atoms. The lowest BCUT2D eigenvalue weighted by atomic mass is 9.46. The first kappa shape index (κ1) is 15.9. The van der Waals surface area contributed by atoms with E-state index in [4.69, 9.17) is 6.57 Å². The van der Waals surface area contributed by atoms with Crippen LogP contribution in [0.25, 0.3) is 4.85 Å². The van der Waals surface area contributed by atoms with E-state index in [1.165, 1.54) is 30.4 Å². The molecule has 0 aromatic rings. The van der Waals surface area contributed by atoms with Gasteiger partial charge in [0.15, 0.2) is 0 Å². The summed E-state index contributed by atoms with van der Waals surface area (Å²) in [5, 5.41) is 0. The molecule has 3 aliphatic carbocycles. The summed E-state index contributed by atoms with van der Waals surface area (Å²) in [5.74, 6) is 4.21. The summed E-state index contributed by atoms with van der Waals surface area (Å²) < 4.78 is 0. The van der Waals surface area contributed by atoms with E-state index in [1.807, 2.05) is 0 Å². The first-order valence-electron chi connectivity index (χ1n) is 9.08. The Labute approximate surface area is 136 Å². The summed E-state index contributed by atoms with van der Waals surface area (Å²) in [4.78, 5) is 4.13. The maximum Gasteiger partial charge on any atom is 0.233 e. The second-order valence-corrected chi connectivity index (χ2v) is 8.70. The number of hydrogen-bond donors (Lipinski definition) is 0. The molecule has 0 aliphatic heterocycles. The van der Waals surface area contributed by atoms with Gasteiger partial charge in [-0.05, 0) is 69.1 Å². The quantitative estimate of drug-likeness (QED) is 0.419. The zero-order chi connectivity index (χ0) is 16.1. The first-order valence-corrected chi connectivity index (χ1v) is 9.08. The third-order valence-corrected chi connectivity index (χ3v) is 7.04. The fraction of sp³-hybridized carbons (Fsp3) is 0.762. The van der Waals surface area contributed by atoms with Crippen LogP contribution in [-0.2, 0) is 0 Å². The SMILES string of the molecule is [C-]#[N+][C@@]1(C)CC[C@H]2[C@H]3C(C(=C)CC[C@@H]31)[C@@H](C=C(C)C)C[C@@H]2C. The molecule has 7 atom stereocenters. The minimum Gasteiger partial charge on any atom is -0.310 e. The van der Waals surface area contributed by atoms with Crippen molar-refractivity contribution in [2.45, 2.75) is 65.3 Å². The molecular formula is C21H31N. The highest BCUT2D eigenvalue weighted by Gasteiger charge is 2.59. The van der Waals surface area contributed by atoms with Crippen LogP contribution in [0.1, 0.15) is 59.8 Å². The fourth-order valence-electron chi connectivity index (χ4n) is 6.09. The van der Waals surface area contributed by atoms with E-state index in [-0.39, 0.29) is 5.54 Å². The fourth-order valence-corrected chi connectivity index (χ4v) is 6.09. The molecule has 0 aromatic heterocycles. The molecule has 3 fully saturated rings. The molecule has 3 saturated carbocycles. The molecule has 1 nitrogen and oxygen atoms in total. The monoisotopic (exact) mass is 297 g/mol. The van der Waals surface area contributed by atoms with E-state index in [1.54, 1.807) is 0 Å². The molecular weight excluding hydrogens is 266 g/mol. The molecule has 0 spiro atoms. The van der Waals surface area contributed by atoms with Crippen molar-refractivity contribution in [1.82, 2.24) is 0 Å². The lowest BCUT2D eigenvalue weighted by Gasteiger charge is -2.57. The zero-order valence-electron chi connectivity index (χ0n) is 14.7. The third-order valence-electron chi connectivity index (χ3n) is 7.04. The summed E-state index contributed by atoms with van der Waals surface area (Å²) in [7, 11) is 0. The van der Waals surface area contributed by atoms with Gasteiger partial charge in [-0.3, -0.25) is 0 Å². The summed E-state index contributed by atoms with van der Waals surface area (Å²) in [6, 6.07) is 0. The topological polar surface area (TPSA) is 4.36 Å². The maximum absolute atomic E-state index is 7.78. The highest BCUT2D eigenvalue weighted by Crippen LogP contribution is 2.61. The first-order chi connectivity index (χ1) is 10.4. The molecule has 0 radical (unpaired) electrons. The van der Waals surface area contributed by atoms with Crippen LogP contribution in [0.5, 0.6) is 0 Å².